The lowest BCUT2D eigenvalue weighted by Gasteiger charge is -2.35. The predicted octanol–water partition coefficient (Wildman–Crippen LogP) is 2.35. The van der Waals surface area contributed by atoms with Crippen LogP contribution in [0.15, 0.2) is 0 Å². The van der Waals surface area contributed by atoms with E-state index in [0.717, 1.165) is 18.4 Å². The Kier molecular flexibility index (Phi) is 6.26. The van der Waals surface area contributed by atoms with E-state index in [1.54, 1.807) is 0 Å². The fourth-order valence-corrected chi connectivity index (χ4v) is 2.31. The lowest BCUT2D eigenvalue weighted by molar-refractivity contribution is 0.136. The van der Waals surface area contributed by atoms with E-state index in [1.807, 2.05) is 0 Å². The second-order valence-corrected chi connectivity index (χ2v) is 5.10. The van der Waals surface area contributed by atoms with Crippen LogP contribution in [0, 0.1) is 11.8 Å². The third kappa shape index (κ3) is 4.98. The Morgan fingerprint density at radius 2 is 2.00 bits per heavy atom. The molecule has 90 valence electrons. The van der Waals surface area contributed by atoms with Crippen molar-refractivity contribution < 1.29 is 0 Å². The summed E-state index contributed by atoms with van der Waals surface area (Å²) in [6.07, 6.45) is 4.08. The van der Waals surface area contributed by atoms with Crippen molar-refractivity contribution in [3.05, 3.63) is 0 Å². The van der Waals surface area contributed by atoms with Gasteiger partial charge in [0.2, 0.25) is 0 Å². The molecule has 1 heterocycles. The van der Waals surface area contributed by atoms with Crippen molar-refractivity contribution in [2.75, 3.05) is 32.7 Å². The standard InChI is InChI=1S/C13H28N2/c1-4-14-8-5-6-9-15-10-7-12(2)13(3)11-15/h12-14H,4-11H2,1-3H3. The molecule has 2 heteroatoms. The molecule has 0 bridgehead atoms. The van der Waals surface area contributed by atoms with E-state index in [9.17, 15) is 0 Å². The fraction of sp³-hybridized carbons (Fsp3) is 1.00. The van der Waals surface area contributed by atoms with Crippen LogP contribution in [-0.4, -0.2) is 37.6 Å². The summed E-state index contributed by atoms with van der Waals surface area (Å²) in [7, 11) is 0. The molecule has 0 aliphatic carbocycles. The molecule has 0 spiro atoms. The van der Waals surface area contributed by atoms with Crippen LogP contribution >= 0.6 is 0 Å². The first kappa shape index (κ1) is 13.0. The number of nitrogens with one attached hydrogen (secondary N) is 1. The first-order valence-electron chi connectivity index (χ1n) is 6.67. The van der Waals surface area contributed by atoms with Gasteiger partial charge < -0.3 is 10.2 Å². The van der Waals surface area contributed by atoms with Crippen LogP contribution in [-0.2, 0) is 0 Å². The molecule has 1 fully saturated rings. The first-order chi connectivity index (χ1) is 7.24. The number of rotatable bonds is 6. The molecule has 1 aliphatic heterocycles. The number of hydrogen-bond acceptors (Lipinski definition) is 2. The van der Waals surface area contributed by atoms with Gasteiger partial charge in [0.15, 0.2) is 0 Å². The fourth-order valence-electron chi connectivity index (χ4n) is 2.31. The zero-order chi connectivity index (χ0) is 11.1. The monoisotopic (exact) mass is 212 g/mol. The zero-order valence-electron chi connectivity index (χ0n) is 10.8. The van der Waals surface area contributed by atoms with Crippen LogP contribution in [0.1, 0.15) is 40.0 Å². The molecule has 0 aromatic rings. The minimum absolute atomic E-state index is 0.896. The maximum atomic E-state index is 3.38. The van der Waals surface area contributed by atoms with Gasteiger partial charge in [-0.25, -0.2) is 0 Å². The van der Waals surface area contributed by atoms with E-state index in [2.05, 4.69) is 31.0 Å². The summed E-state index contributed by atoms with van der Waals surface area (Å²) >= 11 is 0. The van der Waals surface area contributed by atoms with Crippen molar-refractivity contribution >= 4 is 0 Å². The second-order valence-electron chi connectivity index (χ2n) is 5.10. The number of hydrogen-bond donors (Lipinski definition) is 1. The van der Waals surface area contributed by atoms with Crippen molar-refractivity contribution in [1.82, 2.24) is 10.2 Å². The molecular weight excluding hydrogens is 184 g/mol. The van der Waals surface area contributed by atoms with E-state index in [0.29, 0.717) is 0 Å². The zero-order valence-corrected chi connectivity index (χ0v) is 10.8. The number of likely N-dealkylation sites (tertiary alicyclic amines) is 1. The first-order valence-corrected chi connectivity index (χ1v) is 6.67. The Morgan fingerprint density at radius 3 is 2.67 bits per heavy atom. The Hall–Kier alpha value is -0.0800. The van der Waals surface area contributed by atoms with Gasteiger partial charge in [-0.15, -0.1) is 0 Å². The molecule has 1 aliphatic rings. The average molecular weight is 212 g/mol. The number of piperidine rings is 1. The van der Waals surface area contributed by atoms with Gasteiger partial charge in [0, 0.05) is 6.54 Å². The summed E-state index contributed by atoms with van der Waals surface area (Å²) in [5.74, 6) is 1.83. The Morgan fingerprint density at radius 1 is 1.20 bits per heavy atom. The minimum atomic E-state index is 0.896. The maximum Gasteiger partial charge on any atom is 0.000957 e. The molecule has 2 atom stereocenters. The molecule has 0 aromatic carbocycles. The van der Waals surface area contributed by atoms with Crippen LogP contribution in [0.2, 0.25) is 0 Å². The van der Waals surface area contributed by atoms with E-state index in [-0.39, 0.29) is 0 Å². The van der Waals surface area contributed by atoms with Crippen LogP contribution in [0.3, 0.4) is 0 Å². The summed E-state index contributed by atoms with van der Waals surface area (Å²) in [6.45, 7) is 13.2. The van der Waals surface area contributed by atoms with Gasteiger partial charge in [-0.2, -0.15) is 0 Å². The van der Waals surface area contributed by atoms with Crippen LogP contribution in [0.25, 0.3) is 0 Å². The number of nitrogens with zero attached hydrogens (tertiary/aromatic N) is 1. The van der Waals surface area contributed by atoms with E-state index >= 15 is 0 Å². The summed E-state index contributed by atoms with van der Waals surface area (Å²) in [6, 6.07) is 0. The Bertz CT molecular complexity index is 159. The van der Waals surface area contributed by atoms with Crippen molar-refractivity contribution in [1.29, 1.82) is 0 Å². The van der Waals surface area contributed by atoms with Gasteiger partial charge in [0.05, 0.1) is 0 Å². The summed E-state index contributed by atoms with van der Waals surface area (Å²) in [4.78, 5) is 2.65. The van der Waals surface area contributed by atoms with Gasteiger partial charge in [0.25, 0.3) is 0 Å². The molecule has 1 rings (SSSR count). The smallest absolute Gasteiger partial charge is 0.000957 e. The average Bonchev–Trinajstić information content (AvgIpc) is 2.23. The Balaban J connectivity index is 2.02. The topological polar surface area (TPSA) is 15.3 Å². The van der Waals surface area contributed by atoms with Gasteiger partial charge in [-0.3, -0.25) is 0 Å². The lowest BCUT2D eigenvalue weighted by Crippen LogP contribution is -2.39. The molecule has 15 heavy (non-hydrogen) atoms. The van der Waals surface area contributed by atoms with Crippen LogP contribution in [0.5, 0.6) is 0 Å². The van der Waals surface area contributed by atoms with Crippen molar-refractivity contribution in [2.45, 2.75) is 40.0 Å². The summed E-state index contributed by atoms with van der Waals surface area (Å²) in [5, 5.41) is 3.38. The summed E-state index contributed by atoms with van der Waals surface area (Å²) in [5.41, 5.74) is 0. The van der Waals surface area contributed by atoms with Crippen molar-refractivity contribution in [3.8, 4) is 0 Å². The van der Waals surface area contributed by atoms with Gasteiger partial charge in [-0.1, -0.05) is 20.8 Å². The molecule has 0 amide bonds. The highest BCUT2D eigenvalue weighted by Gasteiger charge is 2.21. The second kappa shape index (κ2) is 7.24. The Labute approximate surface area is 95.4 Å². The van der Waals surface area contributed by atoms with E-state index in [4.69, 9.17) is 0 Å². The highest BCUT2D eigenvalue weighted by molar-refractivity contribution is 4.74. The highest BCUT2D eigenvalue weighted by Crippen LogP contribution is 2.22. The van der Waals surface area contributed by atoms with E-state index in [1.165, 1.54) is 45.4 Å². The SMILES string of the molecule is CCNCCCCN1CCC(C)C(C)C1. The molecule has 1 saturated heterocycles. The maximum absolute atomic E-state index is 3.38. The third-order valence-corrected chi connectivity index (χ3v) is 3.75. The molecular formula is C13H28N2. The third-order valence-electron chi connectivity index (χ3n) is 3.75. The molecule has 1 N–H and O–H groups in total. The summed E-state index contributed by atoms with van der Waals surface area (Å²) < 4.78 is 0. The highest BCUT2D eigenvalue weighted by atomic mass is 15.1. The predicted molar refractivity (Wildman–Crippen MR) is 67.2 cm³/mol. The molecule has 0 radical (unpaired) electrons. The van der Waals surface area contributed by atoms with Crippen molar-refractivity contribution in [3.63, 3.8) is 0 Å². The van der Waals surface area contributed by atoms with Crippen LogP contribution in [0.4, 0.5) is 0 Å². The normalized spacial score (nSPS) is 28.2. The molecule has 2 nitrogen and oxygen atoms in total. The molecule has 0 saturated carbocycles. The van der Waals surface area contributed by atoms with Gasteiger partial charge in [0.1, 0.15) is 0 Å². The van der Waals surface area contributed by atoms with Gasteiger partial charge >= 0.3 is 0 Å². The quantitative estimate of drug-likeness (QED) is 0.680. The lowest BCUT2D eigenvalue weighted by atomic mass is 9.88. The molecule has 0 aromatic heterocycles. The number of unbranched alkanes of at least 4 members (excludes halogenated alkanes) is 1. The van der Waals surface area contributed by atoms with E-state index < -0.39 is 0 Å². The largest absolute Gasteiger partial charge is 0.317 e. The molecule has 2 unspecified atom stereocenters. The van der Waals surface area contributed by atoms with Crippen LogP contribution < -0.4 is 5.32 Å². The van der Waals surface area contributed by atoms with Crippen molar-refractivity contribution in [2.24, 2.45) is 11.8 Å². The minimum Gasteiger partial charge on any atom is -0.317 e. The van der Waals surface area contributed by atoms with Gasteiger partial charge in [-0.05, 0) is 57.3 Å².